The first-order chi connectivity index (χ1) is 7.69. The van der Waals surface area contributed by atoms with Crippen LogP contribution in [-0.4, -0.2) is 12.2 Å². The second-order valence-electron chi connectivity index (χ2n) is 3.38. The number of methoxy groups -OCH3 is 1. The first kappa shape index (κ1) is 12.5. The fourth-order valence-electron chi connectivity index (χ4n) is 1.39. The third kappa shape index (κ3) is 3.25. The van der Waals surface area contributed by atoms with Crippen LogP contribution in [0.5, 0.6) is 5.75 Å². The minimum Gasteiger partial charge on any atom is -0.494 e. The Morgan fingerprint density at radius 3 is 2.81 bits per heavy atom. The fraction of sp³-hybridized carbons (Fsp3) is 0.385. The van der Waals surface area contributed by atoms with Crippen molar-refractivity contribution in [2.24, 2.45) is 0 Å². The maximum absolute atomic E-state index is 13.3. The Morgan fingerprint density at radius 2 is 2.25 bits per heavy atom. The molecule has 0 aliphatic carbocycles. The van der Waals surface area contributed by atoms with Gasteiger partial charge in [0, 0.05) is 6.42 Å². The molecule has 86 valence electrons. The SMILES string of the molecule is CC#CCCC(O)c1ccc(OC)c(F)c1. The Bertz CT molecular complexity index is 404. The number of benzene rings is 1. The monoisotopic (exact) mass is 222 g/mol. The minimum atomic E-state index is -0.679. The van der Waals surface area contributed by atoms with E-state index < -0.39 is 11.9 Å². The first-order valence-corrected chi connectivity index (χ1v) is 5.10. The lowest BCUT2D eigenvalue weighted by atomic mass is 10.0. The Hall–Kier alpha value is -1.53. The number of rotatable bonds is 4. The molecule has 1 N–H and O–H groups in total. The second-order valence-corrected chi connectivity index (χ2v) is 3.38. The molecule has 3 heteroatoms. The summed E-state index contributed by atoms with van der Waals surface area (Å²) in [6.45, 7) is 1.75. The quantitative estimate of drug-likeness (QED) is 0.794. The maximum Gasteiger partial charge on any atom is 0.165 e. The summed E-state index contributed by atoms with van der Waals surface area (Å²) in [6.07, 6.45) is 0.430. The van der Waals surface area contributed by atoms with E-state index in [-0.39, 0.29) is 5.75 Å². The molecule has 1 rings (SSSR count). The number of aliphatic hydroxyl groups is 1. The number of hydrogen-bond acceptors (Lipinski definition) is 2. The summed E-state index contributed by atoms with van der Waals surface area (Å²) in [5, 5.41) is 9.76. The van der Waals surface area contributed by atoms with Crippen molar-refractivity contribution in [2.45, 2.75) is 25.9 Å². The highest BCUT2D eigenvalue weighted by atomic mass is 19.1. The van der Waals surface area contributed by atoms with Gasteiger partial charge in [-0.15, -0.1) is 11.8 Å². The van der Waals surface area contributed by atoms with Gasteiger partial charge in [-0.05, 0) is 31.0 Å². The summed E-state index contributed by atoms with van der Waals surface area (Å²) < 4.78 is 18.1. The lowest BCUT2D eigenvalue weighted by molar-refractivity contribution is 0.169. The molecular formula is C13H15FO2. The van der Waals surface area contributed by atoms with E-state index in [0.717, 1.165) is 0 Å². The van der Waals surface area contributed by atoms with Gasteiger partial charge in [0.25, 0.3) is 0 Å². The zero-order valence-corrected chi connectivity index (χ0v) is 9.46. The van der Waals surface area contributed by atoms with Gasteiger partial charge in [0.2, 0.25) is 0 Å². The van der Waals surface area contributed by atoms with Gasteiger partial charge in [-0.2, -0.15) is 0 Å². The average molecular weight is 222 g/mol. The van der Waals surface area contributed by atoms with Gasteiger partial charge in [0.05, 0.1) is 13.2 Å². The molecule has 0 amide bonds. The van der Waals surface area contributed by atoms with Crippen LogP contribution >= 0.6 is 0 Å². The van der Waals surface area contributed by atoms with Crippen LogP contribution in [0.1, 0.15) is 31.4 Å². The standard InChI is InChI=1S/C13H15FO2/c1-3-4-5-6-12(15)10-7-8-13(16-2)11(14)9-10/h7-9,12,15H,5-6H2,1-2H3. The van der Waals surface area contributed by atoms with E-state index in [1.807, 2.05) is 0 Å². The van der Waals surface area contributed by atoms with Crippen LogP contribution in [0.25, 0.3) is 0 Å². The Balaban J connectivity index is 2.71. The van der Waals surface area contributed by atoms with Crippen molar-refractivity contribution >= 4 is 0 Å². The van der Waals surface area contributed by atoms with E-state index in [0.29, 0.717) is 18.4 Å². The molecule has 1 aromatic rings. The molecule has 1 aromatic carbocycles. The van der Waals surface area contributed by atoms with Gasteiger partial charge in [-0.3, -0.25) is 0 Å². The van der Waals surface area contributed by atoms with Crippen molar-refractivity contribution in [3.8, 4) is 17.6 Å². The van der Waals surface area contributed by atoms with Crippen LogP contribution in [-0.2, 0) is 0 Å². The van der Waals surface area contributed by atoms with Crippen molar-refractivity contribution in [1.82, 2.24) is 0 Å². The van der Waals surface area contributed by atoms with E-state index in [1.165, 1.54) is 19.2 Å². The molecule has 0 saturated carbocycles. The fourth-order valence-corrected chi connectivity index (χ4v) is 1.39. The highest BCUT2D eigenvalue weighted by Crippen LogP contribution is 2.24. The molecule has 2 nitrogen and oxygen atoms in total. The van der Waals surface area contributed by atoms with Gasteiger partial charge in [0.1, 0.15) is 0 Å². The second kappa shape index (κ2) is 6.14. The van der Waals surface area contributed by atoms with Crippen LogP contribution in [0.2, 0.25) is 0 Å². The van der Waals surface area contributed by atoms with Crippen LogP contribution in [0.15, 0.2) is 18.2 Å². The highest BCUT2D eigenvalue weighted by molar-refractivity contribution is 5.30. The van der Waals surface area contributed by atoms with Crippen molar-refractivity contribution in [1.29, 1.82) is 0 Å². The van der Waals surface area contributed by atoms with Crippen molar-refractivity contribution in [3.05, 3.63) is 29.6 Å². The topological polar surface area (TPSA) is 29.5 Å². The Labute approximate surface area is 95.1 Å². The van der Waals surface area contributed by atoms with E-state index in [2.05, 4.69) is 11.8 Å². The van der Waals surface area contributed by atoms with E-state index >= 15 is 0 Å². The summed E-state index contributed by atoms with van der Waals surface area (Å²) in [4.78, 5) is 0. The molecule has 0 bridgehead atoms. The lowest BCUT2D eigenvalue weighted by Gasteiger charge is -2.10. The predicted octanol–water partition coefficient (Wildman–Crippen LogP) is 2.67. The summed E-state index contributed by atoms with van der Waals surface area (Å²) in [5.74, 6) is 5.33. The van der Waals surface area contributed by atoms with E-state index in [1.54, 1.807) is 13.0 Å². The molecule has 0 aliphatic heterocycles. The van der Waals surface area contributed by atoms with Crippen LogP contribution < -0.4 is 4.74 Å². The van der Waals surface area contributed by atoms with E-state index in [4.69, 9.17) is 4.74 Å². The van der Waals surface area contributed by atoms with Gasteiger partial charge < -0.3 is 9.84 Å². The zero-order chi connectivity index (χ0) is 12.0. The van der Waals surface area contributed by atoms with E-state index in [9.17, 15) is 9.50 Å². The summed E-state index contributed by atoms with van der Waals surface area (Å²) in [7, 11) is 1.41. The van der Waals surface area contributed by atoms with Gasteiger partial charge >= 0.3 is 0 Å². The molecule has 0 spiro atoms. The molecular weight excluding hydrogens is 207 g/mol. The minimum absolute atomic E-state index is 0.185. The first-order valence-electron chi connectivity index (χ1n) is 5.10. The lowest BCUT2D eigenvalue weighted by Crippen LogP contribution is -1.98. The third-order valence-corrected chi connectivity index (χ3v) is 2.28. The van der Waals surface area contributed by atoms with Crippen LogP contribution in [0.4, 0.5) is 4.39 Å². The predicted molar refractivity (Wildman–Crippen MR) is 60.6 cm³/mol. The number of hydrogen-bond donors (Lipinski definition) is 1. The van der Waals surface area contributed by atoms with Gasteiger partial charge in [0.15, 0.2) is 11.6 Å². The van der Waals surface area contributed by atoms with Crippen molar-refractivity contribution in [2.75, 3.05) is 7.11 Å². The molecule has 16 heavy (non-hydrogen) atoms. The Morgan fingerprint density at radius 1 is 1.50 bits per heavy atom. The van der Waals surface area contributed by atoms with Gasteiger partial charge in [-0.25, -0.2) is 4.39 Å². The summed E-state index contributed by atoms with van der Waals surface area (Å²) in [6, 6.07) is 4.47. The summed E-state index contributed by atoms with van der Waals surface area (Å²) in [5.41, 5.74) is 0.552. The largest absolute Gasteiger partial charge is 0.494 e. The molecule has 0 saturated heterocycles. The molecule has 0 fully saturated rings. The number of aliphatic hydroxyl groups excluding tert-OH is 1. The number of halogens is 1. The molecule has 1 unspecified atom stereocenters. The van der Waals surface area contributed by atoms with Gasteiger partial charge in [-0.1, -0.05) is 6.07 Å². The maximum atomic E-state index is 13.3. The smallest absolute Gasteiger partial charge is 0.165 e. The normalized spacial score (nSPS) is 11.5. The highest BCUT2D eigenvalue weighted by Gasteiger charge is 2.10. The van der Waals surface area contributed by atoms with Crippen LogP contribution in [0.3, 0.4) is 0 Å². The summed E-state index contributed by atoms with van der Waals surface area (Å²) >= 11 is 0. The van der Waals surface area contributed by atoms with Crippen molar-refractivity contribution < 1.29 is 14.2 Å². The zero-order valence-electron chi connectivity index (χ0n) is 9.46. The van der Waals surface area contributed by atoms with Crippen molar-refractivity contribution in [3.63, 3.8) is 0 Å². The number of ether oxygens (including phenoxy) is 1. The molecule has 0 heterocycles. The molecule has 0 aliphatic rings. The Kier molecular flexibility index (Phi) is 4.81. The van der Waals surface area contributed by atoms with Crippen LogP contribution in [0, 0.1) is 17.7 Å². The molecule has 0 aromatic heterocycles. The third-order valence-electron chi connectivity index (χ3n) is 2.28. The molecule has 0 radical (unpaired) electrons. The average Bonchev–Trinajstić information content (AvgIpc) is 2.29. The molecule has 1 atom stereocenters.